The lowest BCUT2D eigenvalue weighted by Crippen LogP contribution is -2.34. The molecule has 2 rings (SSSR count). The Labute approximate surface area is 129 Å². The van der Waals surface area contributed by atoms with Crippen molar-refractivity contribution in [2.75, 3.05) is 18.4 Å². The monoisotopic (exact) mass is 301 g/mol. The van der Waals surface area contributed by atoms with Crippen molar-refractivity contribution in [2.45, 2.75) is 17.1 Å². The van der Waals surface area contributed by atoms with E-state index in [0.717, 1.165) is 10.6 Å². The van der Waals surface area contributed by atoms with Crippen LogP contribution in [0.5, 0.6) is 0 Å². The number of pyridine rings is 1. The zero-order valence-electron chi connectivity index (χ0n) is 12.0. The van der Waals surface area contributed by atoms with Gasteiger partial charge < -0.3 is 10.6 Å². The molecule has 110 valence electrons. The summed E-state index contributed by atoms with van der Waals surface area (Å²) in [5.74, 6) is 0.0559. The molecular formula is C16H19N3OS. The van der Waals surface area contributed by atoms with Crippen molar-refractivity contribution in [3.8, 4) is 0 Å². The molecule has 0 saturated carbocycles. The fourth-order valence-corrected chi connectivity index (χ4v) is 2.68. The standard InChI is InChI=1S/C16H19N3OS/c1-13(21-15-5-3-2-4-6-15)16(20)19-12-11-18-14-7-9-17-10-8-14/h2-10,13H,11-12H2,1H3,(H,17,18)(H,19,20)/t13-/m1/s1. The number of hydrogen-bond donors (Lipinski definition) is 2. The predicted molar refractivity (Wildman–Crippen MR) is 87.5 cm³/mol. The Balaban J connectivity index is 1.67. The van der Waals surface area contributed by atoms with E-state index in [0.29, 0.717) is 13.1 Å². The van der Waals surface area contributed by atoms with E-state index < -0.39 is 0 Å². The van der Waals surface area contributed by atoms with E-state index in [4.69, 9.17) is 0 Å². The summed E-state index contributed by atoms with van der Waals surface area (Å²) in [5.41, 5.74) is 1.01. The van der Waals surface area contributed by atoms with Gasteiger partial charge in [0.2, 0.25) is 5.91 Å². The Morgan fingerprint density at radius 2 is 1.86 bits per heavy atom. The third kappa shape index (κ3) is 5.47. The van der Waals surface area contributed by atoms with Gasteiger partial charge in [0.25, 0.3) is 0 Å². The summed E-state index contributed by atoms with van der Waals surface area (Å²) in [6, 6.07) is 13.8. The first-order valence-corrected chi connectivity index (χ1v) is 7.77. The summed E-state index contributed by atoms with van der Waals surface area (Å²) in [4.78, 5) is 17.0. The third-order valence-electron chi connectivity index (χ3n) is 2.86. The SMILES string of the molecule is C[C@@H](Sc1ccccc1)C(=O)NCCNc1ccncc1. The summed E-state index contributed by atoms with van der Waals surface area (Å²) in [7, 11) is 0. The first kappa shape index (κ1) is 15.4. The van der Waals surface area contributed by atoms with Crippen LogP contribution in [0.4, 0.5) is 5.69 Å². The van der Waals surface area contributed by atoms with Crippen molar-refractivity contribution in [3.05, 3.63) is 54.9 Å². The molecule has 0 unspecified atom stereocenters. The van der Waals surface area contributed by atoms with Crippen LogP contribution in [0.25, 0.3) is 0 Å². The van der Waals surface area contributed by atoms with Crippen molar-refractivity contribution in [3.63, 3.8) is 0 Å². The highest BCUT2D eigenvalue weighted by molar-refractivity contribution is 8.00. The minimum Gasteiger partial charge on any atom is -0.383 e. The Morgan fingerprint density at radius 1 is 1.14 bits per heavy atom. The van der Waals surface area contributed by atoms with Crippen molar-refractivity contribution >= 4 is 23.4 Å². The molecule has 4 nitrogen and oxygen atoms in total. The molecule has 21 heavy (non-hydrogen) atoms. The molecule has 1 aromatic heterocycles. The van der Waals surface area contributed by atoms with Gasteiger partial charge in [0.05, 0.1) is 5.25 Å². The normalized spacial score (nSPS) is 11.7. The zero-order valence-corrected chi connectivity index (χ0v) is 12.8. The number of thioether (sulfide) groups is 1. The van der Waals surface area contributed by atoms with Crippen LogP contribution in [0, 0.1) is 0 Å². The molecule has 1 heterocycles. The van der Waals surface area contributed by atoms with E-state index in [2.05, 4.69) is 15.6 Å². The third-order valence-corrected chi connectivity index (χ3v) is 3.97. The van der Waals surface area contributed by atoms with E-state index in [1.165, 1.54) is 0 Å². The molecular weight excluding hydrogens is 282 g/mol. The van der Waals surface area contributed by atoms with Crippen molar-refractivity contribution < 1.29 is 4.79 Å². The number of benzene rings is 1. The smallest absolute Gasteiger partial charge is 0.233 e. The van der Waals surface area contributed by atoms with Gasteiger partial charge >= 0.3 is 0 Å². The van der Waals surface area contributed by atoms with Crippen LogP contribution in [0.15, 0.2) is 59.8 Å². The van der Waals surface area contributed by atoms with Crippen LogP contribution in [-0.4, -0.2) is 29.2 Å². The largest absolute Gasteiger partial charge is 0.383 e. The number of nitrogens with one attached hydrogen (secondary N) is 2. The molecule has 0 bridgehead atoms. The lowest BCUT2D eigenvalue weighted by atomic mass is 10.4. The molecule has 0 aliphatic rings. The van der Waals surface area contributed by atoms with Gasteiger partial charge in [0.1, 0.15) is 0 Å². The van der Waals surface area contributed by atoms with Gasteiger partial charge in [-0.1, -0.05) is 18.2 Å². The van der Waals surface area contributed by atoms with Gasteiger partial charge in [0, 0.05) is 36.1 Å². The topological polar surface area (TPSA) is 54.0 Å². The van der Waals surface area contributed by atoms with Gasteiger partial charge in [-0.15, -0.1) is 11.8 Å². The van der Waals surface area contributed by atoms with E-state index in [1.54, 1.807) is 24.2 Å². The zero-order chi connectivity index (χ0) is 14.9. The molecule has 0 saturated heterocycles. The highest BCUT2D eigenvalue weighted by Crippen LogP contribution is 2.22. The molecule has 2 aromatic rings. The number of carbonyl (C=O) groups excluding carboxylic acids is 1. The summed E-state index contributed by atoms with van der Waals surface area (Å²) >= 11 is 1.57. The van der Waals surface area contributed by atoms with E-state index >= 15 is 0 Å². The van der Waals surface area contributed by atoms with Crippen LogP contribution in [0.1, 0.15) is 6.92 Å². The van der Waals surface area contributed by atoms with Gasteiger partial charge in [-0.3, -0.25) is 9.78 Å². The quantitative estimate of drug-likeness (QED) is 0.610. The van der Waals surface area contributed by atoms with Crippen molar-refractivity contribution in [1.29, 1.82) is 0 Å². The first-order chi connectivity index (χ1) is 10.3. The summed E-state index contributed by atoms with van der Waals surface area (Å²) in [5, 5.41) is 6.06. The average molecular weight is 301 g/mol. The second kappa shape index (κ2) is 8.32. The number of anilines is 1. The Bertz CT molecular complexity index is 548. The van der Waals surface area contributed by atoms with Gasteiger partial charge in [-0.25, -0.2) is 0 Å². The molecule has 1 aromatic carbocycles. The highest BCUT2D eigenvalue weighted by Gasteiger charge is 2.13. The predicted octanol–water partition coefficient (Wildman–Crippen LogP) is 2.79. The number of aromatic nitrogens is 1. The van der Waals surface area contributed by atoms with Crippen LogP contribution >= 0.6 is 11.8 Å². The maximum atomic E-state index is 12.0. The van der Waals surface area contributed by atoms with E-state index in [-0.39, 0.29) is 11.2 Å². The molecule has 0 aliphatic heterocycles. The Kier molecular flexibility index (Phi) is 6.09. The minimum absolute atomic E-state index is 0.0559. The molecule has 2 N–H and O–H groups in total. The van der Waals surface area contributed by atoms with Crippen LogP contribution in [0.2, 0.25) is 0 Å². The van der Waals surface area contributed by atoms with Gasteiger partial charge in [-0.2, -0.15) is 0 Å². The van der Waals surface area contributed by atoms with Gasteiger partial charge in [0.15, 0.2) is 0 Å². The highest BCUT2D eigenvalue weighted by atomic mass is 32.2. The van der Waals surface area contributed by atoms with Crippen LogP contribution < -0.4 is 10.6 Å². The van der Waals surface area contributed by atoms with E-state index in [9.17, 15) is 4.79 Å². The maximum absolute atomic E-state index is 12.0. The number of nitrogens with zero attached hydrogens (tertiary/aromatic N) is 1. The summed E-state index contributed by atoms with van der Waals surface area (Å²) in [6.07, 6.45) is 3.47. The number of carbonyl (C=O) groups is 1. The second-order valence-electron chi connectivity index (χ2n) is 4.53. The molecule has 1 atom stereocenters. The van der Waals surface area contributed by atoms with Crippen molar-refractivity contribution in [1.82, 2.24) is 10.3 Å². The molecule has 0 fully saturated rings. The molecule has 0 aliphatic carbocycles. The maximum Gasteiger partial charge on any atom is 0.233 e. The number of rotatable bonds is 7. The molecule has 0 spiro atoms. The summed E-state index contributed by atoms with van der Waals surface area (Å²) in [6.45, 7) is 3.21. The second-order valence-corrected chi connectivity index (χ2v) is 5.94. The number of hydrogen-bond acceptors (Lipinski definition) is 4. The Morgan fingerprint density at radius 3 is 2.57 bits per heavy atom. The Hall–Kier alpha value is -2.01. The fraction of sp³-hybridized carbons (Fsp3) is 0.250. The minimum atomic E-state index is -0.103. The molecule has 1 amide bonds. The summed E-state index contributed by atoms with van der Waals surface area (Å²) < 4.78 is 0. The van der Waals surface area contributed by atoms with Crippen molar-refractivity contribution in [2.24, 2.45) is 0 Å². The van der Waals surface area contributed by atoms with E-state index in [1.807, 2.05) is 49.4 Å². The van der Waals surface area contributed by atoms with Crippen LogP contribution in [0.3, 0.4) is 0 Å². The lowest BCUT2D eigenvalue weighted by Gasteiger charge is -2.12. The first-order valence-electron chi connectivity index (χ1n) is 6.89. The fourth-order valence-electron chi connectivity index (χ4n) is 1.76. The molecule has 5 heteroatoms. The lowest BCUT2D eigenvalue weighted by molar-refractivity contribution is -0.120. The van der Waals surface area contributed by atoms with Crippen LogP contribution in [-0.2, 0) is 4.79 Å². The number of amides is 1. The average Bonchev–Trinajstić information content (AvgIpc) is 2.53. The van der Waals surface area contributed by atoms with Gasteiger partial charge in [-0.05, 0) is 31.2 Å². The molecule has 0 radical (unpaired) electrons.